The highest BCUT2D eigenvalue weighted by Gasteiger charge is 2.61. The number of sulfonamides is 1. The lowest BCUT2D eigenvalue weighted by Gasteiger charge is -2.39. The van der Waals surface area contributed by atoms with E-state index in [1.54, 1.807) is 30.3 Å². The number of carbonyl (C=O) groups excluding carboxylic acids is 2. The minimum atomic E-state index is -3.93. The maximum Gasteiger partial charge on any atom is 0.244 e. The lowest BCUT2D eigenvalue weighted by Crippen LogP contribution is -2.49. The summed E-state index contributed by atoms with van der Waals surface area (Å²) in [4.78, 5) is 24.5. The van der Waals surface area contributed by atoms with Gasteiger partial charge in [0.15, 0.2) is 5.78 Å². The number of fused-ring (bicyclic) bond motifs is 1. The molecule has 29 heavy (non-hydrogen) atoms. The van der Waals surface area contributed by atoms with Crippen LogP contribution in [-0.4, -0.2) is 30.3 Å². The highest BCUT2D eigenvalue weighted by molar-refractivity contribution is 7.89. The van der Waals surface area contributed by atoms with Gasteiger partial charge in [-0.2, -0.15) is 4.31 Å². The number of ketones is 1. The van der Waals surface area contributed by atoms with Gasteiger partial charge in [0.1, 0.15) is 6.29 Å². The molecule has 2 aromatic carbocycles. The number of rotatable bonds is 4. The molecular weight excluding hydrogens is 386 g/mol. The predicted molar refractivity (Wildman–Crippen MR) is 110 cm³/mol. The van der Waals surface area contributed by atoms with Crippen molar-refractivity contribution in [3.63, 3.8) is 0 Å². The first-order valence-electron chi connectivity index (χ1n) is 9.62. The van der Waals surface area contributed by atoms with Gasteiger partial charge in [-0.05, 0) is 37.6 Å². The van der Waals surface area contributed by atoms with Gasteiger partial charge in [-0.1, -0.05) is 54.1 Å². The van der Waals surface area contributed by atoms with Crippen molar-refractivity contribution in [1.29, 1.82) is 0 Å². The molecule has 6 heteroatoms. The molecule has 0 bridgehead atoms. The summed E-state index contributed by atoms with van der Waals surface area (Å²) in [6.07, 6.45) is 4.08. The fraction of sp³-hybridized carbons (Fsp3) is 0.304. The van der Waals surface area contributed by atoms with Crippen molar-refractivity contribution in [3.8, 4) is 0 Å². The molecule has 0 radical (unpaired) electrons. The quantitative estimate of drug-likeness (QED) is 0.725. The van der Waals surface area contributed by atoms with Gasteiger partial charge in [0.2, 0.25) is 10.0 Å². The van der Waals surface area contributed by atoms with Gasteiger partial charge in [-0.25, -0.2) is 8.42 Å². The molecule has 2 aliphatic rings. The smallest absolute Gasteiger partial charge is 0.244 e. The molecule has 1 aliphatic heterocycles. The van der Waals surface area contributed by atoms with Crippen molar-refractivity contribution in [2.75, 3.05) is 0 Å². The normalized spacial score (nSPS) is 29.6. The number of benzene rings is 2. The van der Waals surface area contributed by atoms with Crippen molar-refractivity contribution in [2.24, 2.45) is 11.8 Å². The molecule has 1 aliphatic carbocycles. The van der Waals surface area contributed by atoms with Crippen LogP contribution in [0, 0.1) is 18.8 Å². The van der Waals surface area contributed by atoms with E-state index in [9.17, 15) is 18.0 Å². The van der Waals surface area contributed by atoms with E-state index in [0.717, 1.165) is 17.4 Å². The summed E-state index contributed by atoms with van der Waals surface area (Å²) in [5.74, 6) is -1.11. The molecule has 5 nitrogen and oxygen atoms in total. The number of allylic oxidation sites excluding steroid dienone is 1. The summed E-state index contributed by atoms with van der Waals surface area (Å²) in [6.45, 7) is 3.71. The van der Waals surface area contributed by atoms with Gasteiger partial charge in [0, 0.05) is 18.3 Å². The van der Waals surface area contributed by atoms with Crippen LogP contribution in [0.5, 0.6) is 0 Å². The zero-order chi connectivity index (χ0) is 20.8. The SMILES string of the molecule is Cc1ccc(S(=O)(=O)N2[C@H](c3ccccc3)[C@H](C=O)[C@H]3CC(=O)C=C[C@]32C)cc1. The molecule has 4 atom stereocenters. The number of hydrogen-bond donors (Lipinski definition) is 0. The first-order valence-corrected chi connectivity index (χ1v) is 11.1. The maximum absolute atomic E-state index is 13.8. The Bertz CT molecular complexity index is 1080. The van der Waals surface area contributed by atoms with E-state index in [1.807, 2.05) is 44.2 Å². The fourth-order valence-electron chi connectivity index (χ4n) is 4.72. The first kappa shape index (κ1) is 19.7. The lowest BCUT2D eigenvalue weighted by molar-refractivity contribution is -0.117. The van der Waals surface area contributed by atoms with Crippen LogP contribution < -0.4 is 0 Å². The minimum absolute atomic E-state index is 0.0827. The van der Waals surface area contributed by atoms with Crippen LogP contribution in [0.1, 0.15) is 30.5 Å². The molecule has 0 amide bonds. The monoisotopic (exact) mass is 409 g/mol. The number of carbonyl (C=O) groups is 2. The number of aryl methyl sites for hydroxylation is 1. The van der Waals surface area contributed by atoms with Crippen LogP contribution in [0.15, 0.2) is 71.6 Å². The molecule has 0 N–H and O–H groups in total. The summed E-state index contributed by atoms with van der Waals surface area (Å²) in [5, 5.41) is 0. The second kappa shape index (κ2) is 7.04. The maximum atomic E-state index is 13.8. The average Bonchev–Trinajstić information content (AvgIpc) is 2.98. The Balaban J connectivity index is 1.95. The Labute approximate surface area is 171 Å². The third-order valence-corrected chi connectivity index (χ3v) is 8.22. The average molecular weight is 410 g/mol. The van der Waals surface area contributed by atoms with Gasteiger partial charge in [-0.15, -0.1) is 0 Å². The highest BCUT2D eigenvalue weighted by Crippen LogP contribution is 2.55. The zero-order valence-electron chi connectivity index (χ0n) is 16.4. The second-order valence-corrected chi connectivity index (χ2v) is 9.83. The molecule has 0 aromatic heterocycles. The third-order valence-electron chi connectivity index (χ3n) is 6.21. The Hall–Kier alpha value is -2.57. The molecule has 2 aromatic rings. The Kier molecular flexibility index (Phi) is 4.79. The van der Waals surface area contributed by atoms with Crippen LogP contribution in [0.4, 0.5) is 0 Å². The Morgan fingerprint density at radius 2 is 1.72 bits per heavy atom. The van der Waals surface area contributed by atoms with Crippen molar-refractivity contribution in [3.05, 3.63) is 77.9 Å². The van der Waals surface area contributed by atoms with E-state index < -0.39 is 33.4 Å². The fourth-order valence-corrected chi connectivity index (χ4v) is 6.71. The Morgan fingerprint density at radius 3 is 2.34 bits per heavy atom. The minimum Gasteiger partial charge on any atom is -0.303 e. The van der Waals surface area contributed by atoms with E-state index >= 15 is 0 Å². The number of hydrogen-bond acceptors (Lipinski definition) is 4. The van der Waals surface area contributed by atoms with Crippen molar-refractivity contribution < 1.29 is 18.0 Å². The standard InChI is InChI=1S/C23H23NO4S/c1-16-8-10-19(11-9-16)29(27,28)24-22(17-6-4-3-5-7-17)20(15-25)21-14-18(26)12-13-23(21,24)2/h3-13,15,20-22H,14H2,1-2H3/t20-,21-,22-,23-/m1/s1. The number of aldehydes is 1. The van der Waals surface area contributed by atoms with Crippen LogP contribution in [0.25, 0.3) is 0 Å². The first-order chi connectivity index (χ1) is 13.8. The molecule has 0 unspecified atom stereocenters. The Morgan fingerprint density at radius 1 is 1.07 bits per heavy atom. The third kappa shape index (κ3) is 3.07. The van der Waals surface area contributed by atoms with Crippen LogP contribution in [0.3, 0.4) is 0 Å². The molecule has 1 heterocycles. The summed E-state index contributed by atoms with van der Waals surface area (Å²) < 4.78 is 29.1. The van der Waals surface area contributed by atoms with Gasteiger partial charge in [0.25, 0.3) is 0 Å². The van der Waals surface area contributed by atoms with E-state index in [-0.39, 0.29) is 17.1 Å². The summed E-state index contributed by atoms with van der Waals surface area (Å²) in [7, 11) is -3.93. The van der Waals surface area contributed by atoms with Gasteiger partial charge >= 0.3 is 0 Å². The highest BCUT2D eigenvalue weighted by atomic mass is 32.2. The predicted octanol–water partition coefficient (Wildman–Crippen LogP) is 3.46. The molecule has 1 saturated heterocycles. The van der Waals surface area contributed by atoms with Crippen molar-refractivity contribution in [2.45, 2.75) is 36.7 Å². The summed E-state index contributed by atoms with van der Waals surface area (Å²) in [5.41, 5.74) is 0.740. The molecule has 150 valence electrons. The van der Waals surface area contributed by atoms with E-state index in [0.29, 0.717) is 0 Å². The van der Waals surface area contributed by atoms with Gasteiger partial charge in [-0.3, -0.25) is 4.79 Å². The molecule has 0 spiro atoms. The van der Waals surface area contributed by atoms with E-state index in [1.165, 1.54) is 10.4 Å². The van der Waals surface area contributed by atoms with Gasteiger partial charge in [0.05, 0.1) is 16.5 Å². The van der Waals surface area contributed by atoms with Crippen molar-refractivity contribution in [1.82, 2.24) is 4.31 Å². The molecule has 1 fully saturated rings. The largest absolute Gasteiger partial charge is 0.303 e. The van der Waals surface area contributed by atoms with Crippen LogP contribution >= 0.6 is 0 Å². The number of nitrogens with zero attached hydrogens (tertiary/aromatic N) is 1. The van der Waals surface area contributed by atoms with Crippen molar-refractivity contribution >= 4 is 22.1 Å². The summed E-state index contributed by atoms with van der Waals surface area (Å²) >= 11 is 0. The second-order valence-electron chi connectivity index (χ2n) is 8.02. The topological polar surface area (TPSA) is 71.5 Å². The zero-order valence-corrected chi connectivity index (χ0v) is 17.2. The molecular formula is C23H23NO4S. The molecule has 4 rings (SSSR count). The van der Waals surface area contributed by atoms with E-state index in [2.05, 4.69) is 0 Å². The summed E-state index contributed by atoms with van der Waals surface area (Å²) in [6, 6.07) is 15.2. The van der Waals surface area contributed by atoms with Crippen LogP contribution in [0.2, 0.25) is 0 Å². The van der Waals surface area contributed by atoms with Gasteiger partial charge < -0.3 is 4.79 Å². The van der Waals surface area contributed by atoms with E-state index in [4.69, 9.17) is 0 Å². The van der Waals surface area contributed by atoms with Crippen LogP contribution in [-0.2, 0) is 19.6 Å². The molecule has 0 saturated carbocycles. The lowest BCUT2D eigenvalue weighted by atomic mass is 9.74.